The van der Waals surface area contributed by atoms with E-state index >= 15 is 0 Å². The molecule has 0 spiro atoms. The molecule has 3 heterocycles. The average Bonchev–Trinajstić information content (AvgIpc) is 2.83. The average molecular weight is 498 g/mol. The predicted octanol–water partition coefficient (Wildman–Crippen LogP) is 1.66. The van der Waals surface area contributed by atoms with Gasteiger partial charge < -0.3 is 10.5 Å². The molecule has 2 unspecified atom stereocenters. The summed E-state index contributed by atoms with van der Waals surface area (Å²) in [5.41, 5.74) is 6.01. The van der Waals surface area contributed by atoms with Gasteiger partial charge in [0.05, 0.1) is 25.3 Å². The van der Waals surface area contributed by atoms with Crippen LogP contribution in [0.25, 0.3) is 0 Å². The molecule has 0 aliphatic carbocycles. The van der Waals surface area contributed by atoms with Gasteiger partial charge in [0.2, 0.25) is 0 Å². The van der Waals surface area contributed by atoms with Gasteiger partial charge in [0.25, 0.3) is 5.56 Å². The third kappa shape index (κ3) is 5.96. The second kappa shape index (κ2) is 11.5. The maximum Gasteiger partial charge on any atom is 0.332 e. The minimum absolute atomic E-state index is 0.0472. The Hall–Kier alpha value is -2.75. The van der Waals surface area contributed by atoms with Gasteiger partial charge in [0.15, 0.2) is 5.78 Å². The van der Waals surface area contributed by atoms with Gasteiger partial charge in [-0.15, -0.1) is 0 Å². The summed E-state index contributed by atoms with van der Waals surface area (Å²) < 4.78 is 8.28. The van der Waals surface area contributed by atoms with Gasteiger partial charge in [-0.3, -0.25) is 28.5 Å². The number of benzene rings is 1. The Bertz CT molecular complexity index is 1160. The number of carbonyl (C=O) groups excluding carboxylic acids is 1. The SMILES string of the molecule is CCn1c(=O)c(C(=O)CN2CCC(CN3CC(C)OC(C)C3)CC2)c(N)n(Cc2ccccc2)c1=O. The summed E-state index contributed by atoms with van der Waals surface area (Å²) in [6.07, 6.45) is 2.54. The van der Waals surface area contributed by atoms with Gasteiger partial charge in [-0.05, 0) is 58.2 Å². The topological polar surface area (TPSA) is 103 Å². The van der Waals surface area contributed by atoms with Crippen molar-refractivity contribution in [1.82, 2.24) is 18.9 Å². The molecule has 2 N–H and O–H groups in total. The molecule has 2 atom stereocenters. The molecule has 2 aromatic rings. The maximum absolute atomic E-state index is 13.3. The van der Waals surface area contributed by atoms with Crippen LogP contribution in [-0.2, 0) is 17.8 Å². The third-order valence-corrected chi connectivity index (χ3v) is 7.33. The number of carbonyl (C=O) groups is 1. The molecule has 9 nitrogen and oxygen atoms in total. The van der Waals surface area contributed by atoms with Crippen LogP contribution in [-0.4, -0.2) is 76.2 Å². The summed E-state index contributed by atoms with van der Waals surface area (Å²) in [7, 11) is 0. The zero-order valence-electron chi connectivity index (χ0n) is 21.7. The Morgan fingerprint density at radius 3 is 2.25 bits per heavy atom. The van der Waals surface area contributed by atoms with Crippen LogP contribution in [0.15, 0.2) is 39.9 Å². The molecule has 1 aromatic carbocycles. The molecule has 1 aromatic heterocycles. The second-order valence-electron chi connectivity index (χ2n) is 10.3. The van der Waals surface area contributed by atoms with E-state index in [1.54, 1.807) is 6.92 Å². The van der Waals surface area contributed by atoms with Gasteiger partial charge in [-0.25, -0.2) is 4.79 Å². The Morgan fingerprint density at radius 1 is 1.00 bits per heavy atom. The number of Topliss-reactive ketones (excluding diaryl/α,β-unsaturated/α-hetero) is 1. The number of ketones is 1. The fraction of sp³-hybridized carbons (Fsp3) is 0.593. The van der Waals surface area contributed by atoms with Crippen LogP contribution in [0.5, 0.6) is 0 Å². The zero-order valence-corrected chi connectivity index (χ0v) is 21.7. The molecule has 0 amide bonds. The summed E-state index contributed by atoms with van der Waals surface area (Å²) in [6.45, 7) is 11.1. The first-order chi connectivity index (χ1) is 17.3. The molecule has 2 fully saturated rings. The summed E-state index contributed by atoms with van der Waals surface area (Å²) in [5, 5.41) is 0. The van der Waals surface area contributed by atoms with Crippen molar-refractivity contribution in [2.75, 3.05) is 45.0 Å². The lowest BCUT2D eigenvalue weighted by molar-refractivity contribution is -0.0731. The number of ether oxygens (including phenoxy) is 1. The second-order valence-corrected chi connectivity index (χ2v) is 10.3. The van der Waals surface area contributed by atoms with Gasteiger partial charge in [-0.1, -0.05) is 30.3 Å². The molecule has 2 saturated heterocycles. The van der Waals surface area contributed by atoms with E-state index in [-0.39, 0.29) is 49.0 Å². The van der Waals surface area contributed by atoms with Crippen LogP contribution >= 0.6 is 0 Å². The lowest BCUT2D eigenvalue weighted by atomic mass is 9.95. The quantitative estimate of drug-likeness (QED) is 0.554. The summed E-state index contributed by atoms with van der Waals surface area (Å²) in [5.74, 6) is 0.216. The van der Waals surface area contributed by atoms with Crippen LogP contribution in [0.4, 0.5) is 5.82 Å². The van der Waals surface area contributed by atoms with E-state index in [4.69, 9.17) is 10.5 Å². The molecule has 0 bridgehead atoms. The van der Waals surface area contributed by atoms with Crippen molar-refractivity contribution >= 4 is 11.6 Å². The van der Waals surface area contributed by atoms with Crippen LogP contribution in [0.2, 0.25) is 0 Å². The zero-order chi connectivity index (χ0) is 25.8. The molecule has 36 heavy (non-hydrogen) atoms. The van der Waals surface area contributed by atoms with Gasteiger partial charge >= 0.3 is 5.69 Å². The minimum Gasteiger partial charge on any atom is -0.384 e. The fourth-order valence-corrected chi connectivity index (χ4v) is 5.58. The van der Waals surface area contributed by atoms with Crippen molar-refractivity contribution < 1.29 is 9.53 Å². The Morgan fingerprint density at radius 2 is 1.64 bits per heavy atom. The summed E-state index contributed by atoms with van der Waals surface area (Å²) in [4.78, 5) is 44.0. The van der Waals surface area contributed by atoms with E-state index in [0.717, 1.165) is 55.7 Å². The standard InChI is InChI=1S/C27H39N5O4/c1-4-31-26(34)24(25(28)32(27(31)35)17-21-8-6-5-7-9-21)23(33)18-29-12-10-22(11-13-29)16-30-14-19(2)36-20(3)15-30/h5-9,19-20,22H,4,10-18,28H2,1-3H3. The lowest BCUT2D eigenvalue weighted by Crippen LogP contribution is -2.49. The highest BCUT2D eigenvalue weighted by Crippen LogP contribution is 2.21. The lowest BCUT2D eigenvalue weighted by Gasteiger charge is -2.39. The number of hydrogen-bond acceptors (Lipinski definition) is 7. The number of morpholine rings is 1. The third-order valence-electron chi connectivity index (χ3n) is 7.33. The van der Waals surface area contributed by atoms with Crippen molar-refractivity contribution in [1.29, 1.82) is 0 Å². The smallest absolute Gasteiger partial charge is 0.332 e. The molecule has 2 aliphatic rings. The summed E-state index contributed by atoms with van der Waals surface area (Å²) >= 11 is 0. The van der Waals surface area contributed by atoms with Gasteiger partial charge in [-0.2, -0.15) is 0 Å². The molecule has 0 radical (unpaired) electrons. The van der Waals surface area contributed by atoms with Gasteiger partial charge in [0, 0.05) is 26.2 Å². The Labute approximate surface area is 212 Å². The van der Waals surface area contributed by atoms with E-state index < -0.39 is 11.2 Å². The first-order valence-electron chi connectivity index (χ1n) is 13.1. The monoisotopic (exact) mass is 497 g/mol. The molecule has 2 aliphatic heterocycles. The Kier molecular flexibility index (Phi) is 8.43. The number of anilines is 1. The highest BCUT2D eigenvalue weighted by Gasteiger charge is 2.29. The highest BCUT2D eigenvalue weighted by atomic mass is 16.5. The molecular weight excluding hydrogens is 458 g/mol. The number of piperidine rings is 1. The molecule has 0 saturated carbocycles. The maximum atomic E-state index is 13.3. The van der Waals surface area contributed by atoms with Crippen LogP contribution in [0, 0.1) is 5.92 Å². The number of nitrogens with zero attached hydrogens (tertiary/aromatic N) is 4. The minimum atomic E-state index is -0.597. The number of aromatic nitrogens is 2. The van der Waals surface area contributed by atoms with Crippen molar-refractivity contribution in [3.8, 4) is 0 Å². The van der Waals surface area contributed by atoms with E-state index in [0.29, 0.717) is 5.92 Å². The van der Waals surface area contributed by atoms with Crippen LogP contribution < -0.4 is 17.0 Å². The van der Waals surface area contributed by atoms with Crippen molar-refractivity contribution in [2.45, 2.75) is 58.9 Å². The molecule has 9 heteroatoms. The van der Waals surface area contributed by atoms with E-state index in [9.17, 15) is 14.4 Å². The first kappa shape index (κ1) is 26.3. The van der Waals surface area contributed by atoms with Crippen LogP contribution in [0.3, 0.4) is 0 Å². The molecule has 4 rings (SSSR count). The largest absolute Gasteiger partial charge is 0.384 e. The van der Waals surface area contributed by atoms with Crippen molar-refractivity contribution in [2.24, 2.45) is 5.92 Å². The molecule has 196 valence electrons. The fourth-order valence-electron chi connectivity index (χ4n) is 5.58. The predicted molar refractivity (Wildman–Crippen MR) is 141 cm³/mol. The number of hydrogen-bond donors (Lipinski definition) is 1. The number of rotatable bonds is 8. The van der Waals surface area contributed by atoms with Crippen molar-refractivity contribution in [3.63, 3.8) is 0 Å². The van der Waals surface area contributed by atoms with E-state index in [1.807, 2.05) is 30.3 Å². The van der Waals surface area contributed by atoms with Crippen molar-refractivity contribution in [3.05, 3.63) is 62.3 Å². The van der Waals surface area contributed by atoms with E-state index in [2.05, 4.69) is 23.6 Å². The highest BCUT2D eigenvalue weighted by molar-refractivity contribution is 6.01. The number of nitrogens with two attached hydrogens (primary N) is 1. The summed E-state index contributed by atoms with van der Waals surface area (Å²) in [6, 6.07) is 9.42. The molecular formula is C27H39N5O4. The normalized spacial score (nSPS) is 22.1. The first-order valence-corrected chi connectivity index (χ1v) is 13.1. The number of likely N-dealkylation sites (tertiary alicyclic amines) is 1. The number of nitrogen functional groups attached to an aromatic ring is 1. The van der Waals surface area contributed by atoms with Crippen LogP contribution in [0.1, 0.15) is 49.5 Å². The van der Waals surface area contributed by atoms with Gasteiger partial charge in [0.1, 0.15) is 11.4 Å². The Balaban J connectivity index is 1.44. The van der Waals surface area contributed by atoms with E-state index in [1.165, 1.54) is 4.57 Å².